The largest absolute Gasteiger partial charge is 0.351 e. The molecule has 9 heteroatoms. The monoisotopic (exact) mass is 459 g/mol. The Balaban J connectivity index is 1.60. The number of hydrogen-bond acceptors (Lipinski definition) is 4. The van der Waals surface area contributed by atoms with Crippen LogP contribution in [0, 0.1) is 0 Å². The molecule has 0 unspecified atom stereocenters. The van der Waals surface area contributed by atoms with E-state index in [9.17, 15) is 13.2 Å². The number of carbonyl (C=O) groups excluding carboxylic acids is 1. The number of halogens is 1. The van der Waals surface area contributed by atoms with E-state index in [-0.39, 0.29) is 5.91 Å². The second-order valence-electron chi connectivity index (χ2n) is 6.92. The van der Waals surface area contributed by atoms with Crippen molar-refractivity contribution >= 4 is 60.3 Å². The van der Waals surface area contributed by atoms with Crippen LogP contribution in [0.25, 0.3) is 21.3 Å². The van der Waals surface area contributed by atoms with Crippen molar-refractivity contribution in [3.8, 4) is 11.3 Å². The first-order valence-electron chi connectivity index (χ1n) is 8.93. The minimum Gasteiger partial charge on any atom is -0.351 e. The molecule has 4 aromatic rings. The number of aromatic nitrogens is 1. The van der Waals surface area contributed by atoms with Gasteiger partial charge in [0.1, 0.15) is 0 Å². The highest BCUT2D eigenvalue weighted by molar-refractivity contribution is 7.92. The zero-order chi connectivity index (χ0) is 21.5. The first-order valence-corrected chi connectivity index (χ1v) is 12.0. The van der Waals surface area contributed by atoms with Crippen LogP contribution in [0.4, 0.5) is 11.4 Å². The molecule has 1 amide bonds. The fourth-order valence-corrected chi connectivity index (χ4v) is 4.92. The number of nitrogens with zero attached hydrogens (tertiary/aromatic N) is 1. The van der Waals surface area contributed by atoms with Crippen LogP contribution in [0.3, 0.4) is 0 Å². The number of fused-ring (bicyclic) bond motifs is 1. The Hall–Kier alpha value is -2.81. The quantitative estimate of drug-likeness (QED) is 0.431. The molecule has 0 aliphatic heterocycles. The Morgan fingerprint density at radius 3 is 2.57 bits per heavy atom. The Kier molecular flexibility index (Phi) is 5.31. The van der Waals surface area contributed by atoms with Gasteiger partial charge in [0.25, 0.3) is 5.91 Å². The van der Waals surface area contributed by atoms with Gasteiger partial charge in [-0.1, -0.05) is 11.6 Å². The molecule has 2 aromatic carbocycles. The minimum absolute atomic E-state index is 0.256. The van der Waals surface area contributed by atoms with Gasteiger partial charge in [0.2, 0.25) is 10.0 Å². The molecule has 0 aliphatic rings. The molecular weight excluding hydrogens is 442 g/mol. The fraction of sp³-hybridized carbons (Fsp3) is 0.0952. The fourth-order valence-electron chi connectivity index (χ4n) is 3.20. The predicted octanol–water partition coefficient (Wildman–Crippen LogP) is 5.18. The molecule has 4 rings (SSSR count). The van der Waals surface area contributed by atoms with E-state index in [4.69, 9.17) is 11.6 Å². The summed E-state index contributed by atoms with van der Waals surface area (Å²) in [6.45, 7) is 0. The zero-order valence-corrected chi connectivity index (χ0v) is 18.5. The molecule has 154 valence electrons. The molecule has 2 aromatic heterocycles. The lowest BCUT2D eigenvalue weighted by Gasteiger charge is -2.09. The second-order valence-corrected chi connectivity index (χ2v) is 10.2. The van der Waals surface area contributed by atoms with Gasteiger partial charge in [-0.15, -0.1) is 11.3 Å². The Labute approximate surface area is 183 Å². The summed E-state index contributed by atoms with van der Waals surface area (Å²) in [5, 5.41) is 4.21. The van der Waals surface area contributed by atoms with Crippen LogP contribution >= 0.6 is 22.9 Å². The average molecular weight is 460 g/mol. The Morgan fingerprint density at radius 2 is 1.87 bits per heavy atom. The van der Waals surface area contributed by atoms with Gasteiger partial charge in [0, 0.05) is 45.6 Å². The summed E-state index contributed by atoms with van der Waals surface area (Å²) in [4.78, 5) is 13.3. The molecule has 0 aliphatic carbocycles. The third kappa shape index (κ3) is 4.51. The maximum absolute atomic E-state index is 12.8. The van der Waals surface area contributed by atoms with E-state index in [1.165, 1.54) is 11.3 Å². The first-order chi connectivity index (χ1) is 14.2. The maximum Gasteiger partial charge on any atom is 0.265 e. The number of amides is 1. The smallest absolute Gasteiger partial charge is 0.265 e. The van der Waals surface area contributed by atoms with Crippen LogP contribution in [0.1, 0.15) is 9.67 Å². The second kappa shape index (κ2) is 7.79. The Morgan fingerprint density at radius 1 is 1.07 bits per heavy atom. The molecule has 30 heavy (non-hydrogen) atoms. The molecule has 2 N–H and O–H groups in total. The number of nitrogens with one attached hydrogen (secondary N) is 2. The topological polar surface area (TPSA) is 80.2 Å². The number of aryl methyl sites for hydroxylation is 1. The van der Waals surface area contributed by atoms with Crippen molar-refractivity contribution in [2.75, 3.05) is 16.3 Å². The summed E-state index contributed by atoms with van der Waals surface area (Å²) < 4.78 is 28.2. The van der Waals surface area contributed by atoms with Gasteiger partial charge in [0.15, 0.2) is 0 Å². The standard InChI is InChI=1S/C21H18ClN3O3S2/c1-25-7-3-4-18(25)13-8-15(22)12-17(9-13)23-21(26)20-11-14-10-16(24-30(2,27)28)5-6-19(14)29-20/h3-12,24H,1-2H3,(H,23,26). The molecule has 0 atom stereocenters. The van der Waals surface area contributed by atoms with Crippen molar-refractivity contribution in [1.29, 1.82) is 0 Å². The maximum atomic E-state index is 12.8. The number of rotatable bonds is 5. The number of thiophene rings is 1. The summed E-state index contributed by atoms with van der Waals surface area (Å²) >= 11 is 7.60. The van der Waals surface area contributed by atoms with Crippen LogP contribution in [0.2, 0.25) is 5.02 Å². The van der Waals surface area contributed by atoms with Gasteiger partial charge in [-0.3, -0.25) is 9.52 Å². The van der Waals surface area contributed by atoms with E-state index in [1.54, 1.807) is 30.3 Å². The lowest BCUT2D eigenvalue weighted by Crippen LogP contribution is -2.10. The summed E-state index contributed by atoms with van der Waals surface area (Å²) in [7, 11) is -1.42. The molecule has 0 radical (unpaired) electrons. The highest BCUT2D eigenvalue weighted by atomic mass is 35.5. The average Bonchev–Trinajstić information content (AvgIpc) is 3.25. The van der Waals surface area contributed by atoms with Gasteiger partial charge in [0.05, 0.1) is 11.1 Å². The number of hydrogen-bond donors (Lipinski definition) is 2. The number of sulfonamides is 1. The molecule has 0 fully saturated rings. The molecular formula is C21H18ClN3O3S2. The van der Waals surface area contributed by atoms with Crippen LogP contribution in [0.5, 0.6) is 0 Å². The molecule has 2 heterocycles. The van der Waals surface area contributed by atoms with E-state index in [2.05, 4.69) is 10.0 Å². The van der Waals surface area contributed by atoms with Crippen molar-refractivity contribution in [3.05, 3.63) is 70.7 Å². The Bertz CT molecular complexity index is 1370. The van der Waals surface area contributed by atoms with E-state index in [1.807, 2.05) is 42.1 Å². The summed E-state index contributed by atoms with van der Waals surface area (Å²) in [5.41, 5.74) is 2.94. The first kappa shape index (κ1) is 20.5. The van der Waals surface area contributed by atoms with E-state index < -0.39 is 10.0 Å². The number of anilines is 2. The van der Waals surface area contributed by atoms with Crippen molar-refractivity contribution in [1.82, 2.24) is 4.57 Å². The van der Waals surface area contributed by atoms with Gasteiger partial charge < -0.3 is 9.88 Å². The lowest BCUT2D eigenvalue weighted by atomic mass is 10.1. The van der Waals surface area contributed by atoms with Crippen LogP contribution in [0.15, 0.2) is 60.8 Å². The zero-order valence-electron chi connectivity index (χ0n) is 16.1. The predicted molar refractivity (Wildman–Crippen MR) is 124 cm³/mol. The number of benzene rings is 2. The van der Waals surface area contributed by atoms with Gasteiger partial charge >= 0.3 is 0 Å². The molecule has 6 nitrogen and oxygen atoms in total. The lowest BCUT2D eigenvalue weighted by molar-refractivity contribution is 0.103. The summed E-state index contributed by atoms with van der Waals surface area (Å²) in [5.74, 6) is -0.256. The third-order valence-electron chi connectivity index (χ3n) is 4.44. The minimum atomic E-state index is -3.37. The van der Waals surface area contributed by atoms with Crippen molar-refractivity contribution < 1.29 is 13.2 Å². The highest BCUT2D eigenvalue weighted by Crippen LogP contribution is 2.31. The van der Waals surface area contributed by atoms with Crippen LogP contribution in [-0.4, -0.2) is 25.1 Å². The van der Waals surface area contributed by atoms with E-state index >= 15 is 0 Å². The van der Waals surface area contributed by atoms with Gasteiger partial charge in [-0.25, -0.2) is 8.42 Å². The normalized spacial score (nSPS) is 11.6. The number of carbonyl (C=O) groups is 1. The van der Waals surface area contributed by atoms with Crippen molar-refractivity contribution in [3.63, 3.8) is 0 Å². The highest BCUT2D eigenvalue weighted by Gasteiger charge is 2.13. The van der Waals surface area contributed by atoms with Crippen LogP contribution in [-0.2, 0) is 17.1 Å². The van der Waals surface area contributed by atoms with Gasteiger partial charge in [-0.2, -0.15) is 0 Å². The summed E-state index contributed by atoms with van der Waals surface area (Å²) in [6, 6.07) is 16.3. The van der Waals surface area contributed by atoms with Crippen LogP contribution < -0.4 is 10.0 Å². The molecule has 0 saturated heterocycles. The van der Waals surface area contributed by atoms with E-state index in [0.717, 1.165) is 27.6 Å². The summed E-state index contributed by atoms with van der Waals surface area (Å²) in [6.07, 6.45) is 3.04. The van der Waals surface area contributed by atoms with E-state index in [0.29, 0.717) is 21.3 Å². The molecule has 0 bridgehead atoms. The molecule has 0 spiro atoms. The van der Waals surface area contributed by atoms with Crippen molar-refractivity contribution in [2.24, 2.45) is 7.05 Å². The third-order valence-corrected chi connectivity index (χ3v) is 6.38. The SMILES string of the molecule is Cn1cccc1-c1cc(Cl)cc(NC(=O)c2cc3cc(NS(C)(=O)=O)ccc3s2)c1. The van der Waals surface area contributed by atoms with Crippen molar-refractivity contribution in [2.45, 2.75) is 0 Å². The molecule has 0 saturated carbocycles. The van der Waals surface area contributed by atoms with Gasteiger partial charge in [-0.05, 0) is 60.0 Å².